The molecule has 0 amide bonds. The van der Waals surface area contributed by atoms with Crippen molar-refractivity contribution in [2.24, 2.45) is 11.8 Å². The van der Waals surface area contributed by atoms with Crippen molar-refractivity contribution in [3.63, 3.8) is 0 Å². The van der Waals surface area contributed by atoms with Crippen molar-refractivity contribution in [1.82, 2.24) is 9.88 Å². The van der Waals surface area contributed by atoms with Crippen LogP contribution in [0.15, 0.2) is 18.2 Å². The number of aromatic nitrogens is 1. The molecule has 6 atom stereocenters. The zero-order valence-corrected chi connectivity index (χ0v) is 14.4. The Morgan fingerprint density at radius 1 is 1.36 bits per heavy atom. The van der Waals surface area contributed by atoms with Crippen molar-refractivity contribution in [2.75, 3.05) is 6.54 Å². The van der Waals surface area contributed by atoms with Crippen molar-refractivity contribution < 1.29 is 15.0 Å². The topological polar surface area (TPSA) is 76.6 Å². The van der Waals surface area contributed by atoms with Crippen molar-refractivity contribution in [3.05, 3.63) is 29.5 Å². The van der Waals surface area contributed by atoms with E-state index in [1.807, 2.05) is 6.07 Å². The molecule has 1 aromatic heterocycles. The summed E-state index contributed by atoms with van der Waals surface area (Å²) in [7, 11) is 0. The number of aromatic amines is 1. The zero-order valence-electron chi connectivity index (χ0n) is 14.4. The summed E-state index contributed by atoms with van der Waals surface area (Å²) in [4.78, 5) is 18.0. The standard InChI is InChI=1S/C20H24N2O3/c1-2-11-5-10-6-15-18-14(13-7-12(23)3-4-16(13)21-18)8-17(20(24)25)22(9-10)19(11)15/h3-4,7,10-11,15,17,19,21,23H,2,5-6,8-9H2,1H3,(H,24,25). The molecule has 5 heteroatoms. The number of benzene rings is 1. The van der Waals surface area contributed by atoms with E-state index in [1.54, 1.807) is 12.1 Å². The third kappa shape index (κ3) is 2.08. The third-order valence-corrected chi connectivity index (χ3v) is 6.87. The SMILES string of the molecule is CCC1CC2CC3c4[nH]c5ccc(O)cc5c4CC(C(=O)O)N(C2)C13. The zero-order chi connectivity index (χ0) is 17.3. The van der Waals surface area contributed by atoms with E-state index in [0.29, 0.717) is 30.2 Å². The maximum atomic E-state index is 12.1. The van der Waals surface area contributed by atoms with Crippen LogP contribution >= 0.6 is 0 Å². The normalized spacial score (nSPS) is 36.2. The van der Waals surface area contributed by atoms with Gasteiger partial charge in [-0.2, -0.15) is 0 Å². The average molecular weight is 340 g/mol. The Bertz CT molecular complexity index is 858. The molecule has 2 aromatic rings. The smallest absolute Gasteiger partial charge is 0.321 e. The van der Waals surface area contributed by atoms with Crippen LogP contribution in [0.5, 0.6) is 5.75 Å². The van der Waals surface area contributed by atoms with Crippen LogP contribution in [0, 0.1) is 11.8 Å². The van der Waals surface area contributed by atoms with Crippen molar-refractivity contribution in [1.29, 1.82) is 0 Å². The first-order valence-corrected chi connectivity index (χ1v) is 9.38. The molecule has 6 rings (SSSR count). The highest BCUT2D eigenvalue weighted by Crippen LogP contribution is 2.52. The van der Waals surface area contributed by atoms with Gasteiger partial charge in [-0.05, 0) is 48.4 Å². The molecule has 4 bridgehead atoms. The number of fused-ring (bicyclic) bond motifs is 4. The summed E-state index contributed by atoms with van der Waals surface area (Å²) in [5.74, 6) is 1.06. The van der Waals surface area contributed by atoms with Gasteiger partial charge in [0.25, 0.3) is 0 Å². The molecule has 5 nitrogen and oxygen atoms in total. The number of nitrogens with zero attached hydrogens (tertiary/aromatic N) is 1. The molecular weight excluding hydrogens is 316 g/mol. The number of carboxylic acid groups (broad SMARTS) is 1. The molecular formula is C20H24N2O3. The Kier molecular flexibility index (Phi) is 3.20. The van der Waals surface area contributed by atoms with Gasteiger partial charge in [0, 0.05) is 41.5 Å². The molecule has 1 aliphatic carbocycles. The van der Waals surface area contributed by atoms with E-state index < -0.39 is 12.0 Å². The van der Waals surface area contributed by atoms with Gasteiger partial charge >= 0.3 is 5.97 Å². The molecule has 132 valence electrons. The maximum Gasteiger partial charge on any atom is 0.321 e. The lowest BCUT2D eigenvalue weighted by Gasteiger charge is -2.54. The first-order chi connectivity index (χ1) is 12.1. The number of aromatic hydroxyl groups is 1. The Balaban J connectivity index is 1.73. The van der Waals surface area contributed by atoms with Crippen LogP contribution in [0.2, 0.25) is 0 Å². The number of nitrogens with one attached hydrogen (secondary N) is 1. The summed E-state index contributed by atoms with van der Waals surface area (Å²) in [6.45, 7) is 3.15. The monoisotopic (exact) mass is 340 g/mol. The summed E-state index contributed by atoms with van der Waals surface area (Å²) in [6, 6.07) is 5.24. The van der Waals surface area contributed by atoms with E-state index in [9.17, 15) is 15.0 Å². The van der Waals surface area contributed by atoms with E-state index in [0.717, 1.165) is 35.9 Å². The predicted octanol–water partition coefficient (Wildman–Crippen LogP) is 3.09. The van der Waals surface area contributed by atoms with E-state index >= 15 is 0 Å². The van der Waals surface area contributed by atoms with Gasteiger partial charge in [0.05, 0.1) is 0 Å². The molecule has 4 aliphatic rings. The number of rotatable bonds is 2. The molecule has 6 unspecified atom stereocenters. The second-order valence-corrected chi connectivity index (χ2v) is 8.10. The highest BCUT2D eigenvalue weighted by atomic mass is 16.4. The van der Waals surface area contributed by atoms with Crippen LogP contribution in [-0.4, -0.2) is 44.7 Å². The summed E-state index contributed by atoms with van der Waals surface area (Å²) in [5, 5.41) is 20.9. The lowest BCUT2D eigenvalue weighted by molar-refractivity contribution is -0.148. The first kappa shape index (κ1) is 15.3. The van der Waals surface area contributed by atoms with Crippen LogP contribution in [0.25, 0.3) is 10.9 Å². The van der Waals surface area contributed by atoms with E-state index in [1.165, 1.54) is 12.1 Å². The number of phenolic OH excluding ortho intramolecular Hbond substituents is 1. The quantitative estimate of drug-likeness (QED) is 0.785. The number of piperidine rings is 2. The highest BCUT2D eigenvalue weighted by molar-refractivity contribution is 5.87. The fourth-order valence-electron chi connectivity index (χ4n) is 5.93. The fourth-order valence-corrected chi connectivity index (χ4v) is 5.93. The Morgan fingerprint density at radius 3 is 2.96 bits per heavy atom. The number of carbonyl (C=O) groups is 1. The van der Waals surface area contributed by atoms with Gasteiger partial charge in [0.1, 0.15) is 11.8 Å². The summed E-state index contributed by atoms with van der Waals surface area (Å²) in [6.07, 6.45) is 4.01. The lowest BCUT2D eigenvalue weighted by atomic mass is 9.65. The van der Waals surface area contributed by atoms with Gasteiger partial charge in [-0.1, -0.05) is 13.3 Å². The van der Waals surface area contributed by atoms with E-state index in [2.05, 4.69) is 16.8 Å². The van der Waals surface area contributed by atoms with E-state index in [4.69, 9.17) is 0 Å². The molecule has 1 saturated carbocycles. The molecule has 3 fully saturated rings. The second-order valence-electron chi connectivity index (χ2n) is 8.10. The Hall–Kier alpha value is -2.01. The van der Waals surface area contributed by atoms with Gasteiger partial charge < -0.3 is 15.2 Å². The largest absolute Gasteiger partial charge is 0.508 e. The predicted molar refractivity (Wildman–Crippen MR) is 94.8 cm³/mol. The Morgan fingerprint density at radius 2 is 2.20 bits per heavy atom. The maximum absolute atomic E-state index is 12.1. The molecule has 25 heavy (non-hydrogen) atoms. The van der Waals surface area contributed by atoms with Gasteiger partial charge in [-0.15, -0.1) is 0 Å². The number of aliphatic carboxylic acids is 1. The molecule has 0 spiro atoms. The Labute approximate surface area is 146 Å². The third-order valence-electron chi connectivity index (χ3n) is 6.87. The molecule has 3 aliphatic heterocycles. The number of phenols is 1. The van der Waals surface area contributed by atoms with Crippen LogP contribution in [-0.2, 0) is 11.2 Å². The van der Waals surface area contributed by atoms with Gasteiger partial charge in [0.15, 0.2) is 0 Å². The highest BCUT2D eigenvalue weighted by Gasteiger charge is 2.52. The van der Waals surface area contributed by atoms with Crippen molar-refractivity contribution in [3.8, 4) is 5.75 Å². The van der Waals surface area contributed by atoms with Gasteiger partial charge in [-0.25, -0.2) is 0 Å². The molecule has 2 saturated heterocycles. The molecule has 4 heterocycles. The van der Waals surface area contributed by atoms with Gasteiger partial charge in [-0.3, -0.25) is 9.69 Å². The minimum Gasteiger partial charge on any atom is -0.508 e. The van der Waals surface area contributed by atoms with E-state index in [-0.39, 0.29) is 5.75 Å². The molecule has 0 radical (unpaired) electrons. The minimum absolute atomic E-state index is 0.238. The minimum atomic E-state index is -0.719. The number of carboxylic acids is 1. The van der Waals surface area contributed by atoms with Crippen LogP contribution < -0.4 is 0 Å². The van der Waals surface area contributed by atoms with Gasteiger partial charge in [0.2, 0.25) is 0 Å². The summed E-state index contributed by atoms with van der Waals surface area (Å²) in [5.41, 5.74) is 3.34. The summed E-state index contributed by atoms with van der Waals surface area (Å²) >= 11 is 0. The first-order valence-electron chi connectivity index (χ1n) is 9.38. The number of hydrogen-bond acceptors (Lipinski definition) is 3. The average Bonchev–Trinajstić information content (AvgIpc) is 2.91. The molecule has 1 aromatic carbocycles. The van der Waals surface area contributed by atoms with Crippen LogP contribution in [0.1, 0.15) is 43.4 Å². The summed E-state index contributed by atoms with van der Waals surface area (Å²) < 4.78 is 0. The fraction of sp³-hybridized carbons (Fsp3) is 0.550. The van der Waals surface area contributed by atoms with Crippen molar-refractivity contribution >= 4 is 16.9 Å². The van der Waals surface area contributed by atoms with Crippen molar-refractivity contribution in [2.45, 2.75) is 50.6 Å². The van der Waals surface area contributed by atoms with Crippen LogP contribution in [0.3, 0.4) is 0 Å². The number of H-pyrrole nitrogens is 1. The molecule has 3 N–H and O–H groups in total. The van der Waals surface area contributed by atoms with Crippen LogP contribution in [0.4, 0.5) is 0 Å². The second kappa shape index (κ2) is 5.24. The number of hydrogen-bond donors (Lipinski definition) is 3. The lowest BCUT2D eigenvalue weighted by Crippen LogP contribution is -2.60.